The summed E-state index contributed by atoms with van der Waals surface area (Å²) >= 11 is 3.15. The van der Waals surface area contributed by atoms with Crippen molar-refractivity contribution in [1.29, 1.82) is 0 Å². The molecule has 0 aliphatic rings. The summed E-state index contributed by atoms with van der Waals surface area (Å²) in [5, 5.41) is 8.65. The Balaban J connectivity index is 3.19. The summed E-state index contributed by atoms with van der Waals surface area (Å²) in [5.41, 5.74) is 0.893. The summed E-state index contributed by atoms with van der Waals surface area (Å²) in [7, 11) is 0. The lowest BCUT2D eigenvalue weighted by atomic mass is 10.3. The molecule has 0 saturated carbocycles. The van der Waals surface area contributed by atoms with E-state index in [0.29, 0.717) is 11.0 Å². The van der Waals surface area contributed by atoms with Crippen LogP contribution < -0.4 is 5.56 Å². The summed E-state index contributed by atoms with van der Waals surface area (Å²) in [4.78, 5) is 11.3. The number of rotatable bonds is 2. The third-order valence-corrected chi connectivity index (χ3v) is 2.09. The van der Waals surface area contributed by atoms with Crippen LogP contribution in [-0.4, -0.2) is 16.3 Å². The van der Waals surface area contributed by atoms with Gasteiger partial charge in [-0.25, -0.2) is 0 Å². The normalized spacial score (nSPS) is 10.2. The molecule has 0 aliphatic carbocycles. The van der Waals surface area contributed by atoms with E-state index in [9.17, 15) is 4.79 Å². The van der Waals surface area contributed by atoms with Crippen LogP contribution in [0.25, 0.3) is 0 Å². The van der Waals surface area contributed by atoms with Crippen LogP contribution in [0.3, 0.4) is 0 Å². The summed E-state index contributed by atoms with van der Waals surface area (Å²) in [6.07, 6.45) is 1.73. The number of nitrogens with zero attached hydrogens (tertiary/aromatic N) is 1. The molecule has 0 aliphatic heterocycles. The Bertz CT molecular complexity index is 332. The number of aromatic nitrogens is 1. The van der Waals surface area contributed by atoms with Gasteiger partial charge >= 0.3 is 0 Å². The van der Waals surface area contributed by atoms with Gasteiger partial charge in [-0.15, -0.1) is 0 Å². The lowest BCUT2D eigenvalue weighted by Crippen LogP contribution is -2.21. The first-order chi connectivity index (χ1) is 5.65. The molecule has 1 aromatic rings. The van der Waals surface area contributed by atoms with Crippen molar-refractivity contribution >= 4 is 15.9 Å². The lowest BCUT2D eigenvalue weighted by molar-refractivity contribution is 0.274. The number of aliphatic hydroxyl groups excluding tert-OH is 1. The molecule has 0 atom stereocenters. The maximum Gasteiger partial charge on any atom is 0.264 e. The molecule has 4 heteroatoms. The van der Waals surface area contributed by atoms with Crippen LogP contribution in [0.2, 0.25) is 0 Å². The molecule has 0 spiro atoms. The molecule has 0 fully saturated rings. The Morgan fingerprint density at radius 2 is 2.33 bits per heavy atom. The van der Waals surface area contributed by atoms with Crippen molar-refractivity contribution in [3.63, 3.8) is 0 Å². The van der Waals surface area contributed by atoms with Gasteiger partial charge in [0, 0.05) is 12.7 Å². The number of halogens is 1. The Hall–Kier alpha value is -0.610. The minimum absolute atomic E-state index is 0.0181. The Morgan fingerprint density at radius 1 is 1.67 bits per heavy atom. The van der Waals surface area contributed by atoms with Crippen LogP contribution in [-0.2, 0) is 6.54 Å². The summed E-state index contributed by atoms with van der Waals surface area (Å²) < 4.78 is 2.02. The molecule has 0 aromatic carbocycles. The maximum absolute atomic E-state index is 11.3. The van der Waals surface area contributed by atoms with Crippen molar-refractivity contribution in [2.24, 2.45) is 0 Å². The summed E-state index contributed by atoms with van der Waals surface area (Å²) in [6, 6.07) is 1.76. The molecule has 0 bridgehead atoms. The largest absolute Gasteiger partial charge is 0.395 e. The van der Waals surface area contributed by atoms with Crippen molar-refractivity contribution in [3.05, 3.63) is 32.7 Å². The first kappa shape index (κ1) is 9.48. The van der Waals surface area contributed by atoms with Gasteiger partial charge in [0.25, 0.3) is 5.56 Å². The number of hydrogen-bond acceptors (Lipinski definition) is 2. The number of hydrogen-bond donors (Lipinski definition) is 1. The zero-order valence-corrected chi connectivity index (χ0v) is 8.34. The molecule has 3 nitrogen and oxygen atoms in total. The van der Waals surface area contributed by atoms with Crippen molar-refractivity contribution in [1.82, 2.24) is 4.57 Å². The van der Waals surface area contributed by atoms with Crippen LogP contribution in [0.4, 0.5) is 0 Å². The van der Waals surface area contributed by atoms with Gasteiger partial charge in [0.2, 0.25) is 0 Å². The molecule has 1 N–H and O–H groups in total. The molecule has 0 unspecified atom stereocenters. The zero-order chi connectivity index (χ0) is 9.14. The fourth-order valence-electron chi connectivity index (χ4n) is 1.01. The Kier molecular flexibility index (Phi) is 3.05. The predicted molar refractivity (Wildman–Crippen MR) is 50.2 cm³/mol. The quantitative estimate of drug-likeness (QED) is 0.823. The van der Waals surface area contributed by atoms with E-state index in [-0.39, 0.29) is 12.2 Å². The van der Waals surface area contributed by atoms with Crippen LogP contribution in [0, 0.1) is 6.92 Å². The van der Waals surface area contributed by atoms with E-state index in [1.54, 1.807) is 12.3 Å². The first-order valence-electron chi connectivity index (χ1n) is 3.62. The van der Waals surface area contributed by atoms with Gasteiger partial charge in [0.15, 0.2) is 0 Å². The average molecular weight is 232 g/mol. The highest BCUT2D eigenvalue weighted by molar-refractivity contribution is 9.10. The third-order valence-electron chi connectivity index (χ3n) is 1.52. The van der Waals surface area contributed by atoms with Gasteiger partial charge in [-0.3, -0.25) is 4.79 Å². The van der Waals surface area contributed by atoms with E-state index >= 15 is 0 Å². The molecule has 12 heavy (non-hydrogen) atoms. The van der Waals surface area contributed by atoms with Gasteiger partial charge in [0.1, 0.15) is 0 Å². The molecule has 1 aromatic heterocycles. The van der Waals surface area contributed by atoms with Crippen molar-refractivity contribution in [2.45, 2.75) is 13.5 Å². The third kappa shape index (κ3) is 1.95. The van der Waals surface area contributed by atoms with Gasteiger partial charge in [-0.2, -0.15) is 0 Å². The van der Waals surface area contributed by atoms with Gasteiger partial charge in [-0.1, -0.05) is 0 Å². The van der Waals surface area contributed by atoms with Gasteiger partial charge < -0.3 is 9.67 Å². The number of pyridine rings is 1. The standard InChI is InChI=1S/C8H10BrNO2/c1-6-4-7(9)8(12)10(5-6)2-3-11/h4-5,11H,2-3H2,1H3. The molecule has 1 heterocycles. The maximum atomic E-state index is 11.3. The molecule has 1 rings (SSSR count). The van der Waals surface area contributed by atoms with E-state index in [1.165, 1.54) is 4.57 Å². The summed E-state index contributed by atoms with van der Waals surface area (Å²) in [5.74, 6) is 0. The average Bonchev–Trinajstić information content (AvgIpc) is 2.00. The van der Waals surface area contributed by atoms with Crippen LogP contribution in [0.5, 0.6) is 0 Å². The van der Waals surface area contributed by atoms with Gasteiger partial charge in [-0.05, 0) is 34.5 Å². The molecule has 0 amide bonds. The van der Waals surface area contributed by atoms with E-state index < -0.39 is 0 Å². The first-order valence-corrected chi connectivity index (χ1v) is 4.42. The SMILES string of the molecule is Cc1cc(Br)c(=O)n(CCO)c1. The number of aliphatic hydroxyl groups is 1. The molecular weight excluding hydrogens is 222 g/mol. The van der Waals surface area contributed by atoms with Crippen molar-refractivity contribution < 1.29 is 5.11 Å². The summed E-state index contributed by atoms with van der Waals surface area (Å²) in [6.45, 7) is 2.23. The molecular formula is C8H10BrNO2. The fourth-order valence-corrected chi connectivity index (χ4v) is 1.60. The monoisotopic (exact) mass is 231 g/mol. The fraction of sp³-hybridized carbons (Fsp3) is 0.375. The second-order valence-corrected chi connectivity index (χ2v) is 3.44. The Labute approximate surface area is 78.8 Å². The minimum atomic E-state index is -0.102. The van der Waals surface area contributed by atoms with E-state index in [1.807, 2.05) is 6.92 Å². The molecule has 0 saturated heterocycles. The number of aryl methyl sites for hydroxylation is 1. The van der Waals surface area contributed by atoms with E-state index in [2.05, 4.69) is 15.9 Å². The van der Waals surface area contributed by atoms with Crippen LogP contribution in [0.1, 0.15) is 5.56 Å². The highest BCUT2D eigenvalue weighted by atomic mass is 79.9. The van der Waals surface area contributed by atoms with E-state index in [0.717, 1.165) is 5.56 Å². The lowest BCUT2D eigenvalue weighted by Gasteiger charge is -2.04. The van der Waals surface area contributed by atoms with Gasteiger partial charge in [0.05, 0.1) is 11.1 Å². The van der Waals surface area contributed by atoms with Crippen molar-refractivity contribution in [2.75, 3.05) is 6.61 Å². The Morgan fingerprint density at radius 3 is 2.92 bits per heavy atom. The molecule has 0 radical (unpaired) electrons. The second kappa shape index (κ2) is 3.87. The highest BCUT2D eigenvalue weighted by Crippen LogP contribution is 2.05. The van der Waals surface area contributed by atoms with E-state index in [4.69, 9.17) is 5.11 Å². The van der Waals surface area contributed by atoms with Crippen molar-refractivity contribution in [3.8, 4) is 0 Å². The van der Waals surface area contributed by atoms with Crippen LogP contribution in [0.15, 0.2) is 21.5 Å². The highest BCUT2D eigenvalue weighted by Gasteiger charge is 2.00. The zero-order valence-electron chi connectivity index (χ0n) is 6.75. The van der Waals surface area contributed by atoms with Crippen LogP contribution >= 0.6 is 15.9 Å². The smallest absolute Gasteiger partial charge is 0.264 e. The molecule has 66 valence electrons. The topological polar surface area (TPSA) is 42.2 Å². The predicted octanol–water partition coefficient (Wildman–Crippen LogP) is 0.912. The minimum Gasteiger partial charge on any atom is -0.395 e. The second-order valence-electron chi connectivity index (χ2n) is 2.59.